The van der Waals surface area contributed by atoms with E-state index < -0.39 is 0 Å². The molecule has 3 aromatic rings. The van der Waals surface area contributed by atoms with Gasteiger partial charge in [-0.2, -0.15) is 0 Å². The minimum absolute atomic E-state index is 0.151. The number of carbonyl (C=O) groups is 1. The average molecular weight is 267 g/mol. The Hall–Kier alpha value is -2.13. The van der Waals surface area contributed by atoms with E-state index in [-0.39, 0.29) is 5.78 Å². The van der Waals surface area contributed by atoms with Crippen molar-refractivity contribution in [3.05, 3.63) is 65.0 Å². The Balaban J connectivity index is 1.92. The Labute approximate surface area is 115 Å². The summed E-state index contributed by atoms with van der Waals surface area (Å²) in [5, 5.41) is 3.15. The van der Waals surface area contributed by atoms with Crippen molar-refractivity contribution in [1.82, 2.24) is 0 Å². The van der Waals surface area contributed by atoms with E-state index in [1.54, 1.807) is 11.3 Å². The van der Waals surface area contributed by atoms with Gasteiger partial charge in [-0.25, -0.2) is 0 Å². The molecule has 1 heterocycles. The van der Waals surface area contributed by atoms with Crippen LogP contribution in [0.2, 0.25) is 0 Å². The molecule has 19 heavy (non-hydrogen) atoms. The summed E-state index contributed by atoms with van der Waals surface area (Å²) < 4.78 is 1.07. The van der Waals surface area contributed by atoms with Crippen LogP contribution in [0, 0.1) is 0 Å². The lowest BCUT2D eigenvalue weighted by Crippen LogP contribution is -2.03. The van der Waals surface area contributed by atoms with Crippen LogP contribution in [0.3, 0.4) is 0 Å². The monoisotopic (exact) mass is 267 g/mol. The minimum atomic E-state index is 0.151. The number of thiophene rings is 1. The molecule has 3 heteroatoms. The highest BCUT2D eigenvalue weighted by Gasteiger charge is 2.11. The molecule has 1 aromatic heterocycles. The Morgan fingerprint density at radius 1 is 1.05 bits per heavy atom. The van der Waals surface area contributed by atoms with Crippen molar-refractivity contribution in [2.75, 3.05) is 5.73 Å². The van der Waals surface area contributed by atoms with Crippen molar-refractivity contribution >= 4 is 32.9 Å². The maximum absolute atomic E-state index is 12.4. The fourth-order valence-corrected chi connectivity index (χ4v) is 3.06. The maximum Gasteiger partial charge on any atom is 0.168 e. The van der Waals surface area contributed by atoms with Gasteiger partial charge in [0.25, 0.3) is 0 Å². The number of ketones is 1. The van der Waals surface area contributed by atoms with Gasteiger partial charge in [0.2, 0.25) is 0 Å². The number of hydrogen-bond acceptors (Lipinski definition) is 3. The van der Waals surface area contributed by atoms with Gasteiger partial charge in [0.05, 0.1) is 0 Å². The first-order chi connectivity index (χ1) is 9.24. The molecule has 0 aliphatic carbocycles. The van der Waals surface area contributed by atoms with E-state index in [1.165, 1.54) is 0 Å². The minimum Gasteiger partial charge on any atom is -0.399 e. The fraction of sp³-hybridized carbons (Fsp3) is 0.0625. The summed E-state index contributed by atoms with van der Waals surface area (Å²) in [6.45, 7) is 0. The smallest absolute Gasteiger partial charge is 0.168 e. The standard InChI is InChI=1S/C16H13NOS/c17-13-6-4-11(5-7-13)10-15(18)14-3-1-2-12-8-9-19-16(12)14/h1-9H,10,17H2. The fourth-order valence-electron chi connectivity index (χ4n) is 2.13. The molecule has 2 nitrogen and oxygen atoms in total. The largest absolute Gasteiger partial charge is 0.399 e. The highest BCUT2D eigenvalue weighted by molar-refractivity contribution is 7.17. The van der Waals surface area contributed by atoms with Crippen LogP contribution in [-0.4, -0.2) is 5.78 Å². The molecular formula is C16H13NOS. The van der Waals surface area contributed by atoms with Crippen molar-refractivity contribution in [3.8, 4) is 0 Å². The Morgan fingerprint density at radius 2 is 1.84 bits per heavy atom. The zero-order valence-electron chi connectivity index (χ0n) is 10.3. The van der Waals surface area contributed by atoms with E-state index >= 15 is 0 Å². The lowest BCUT2D eigenvalue weighted by atomic mass is 10.0. The predicted molar refractivity (Wildman–Crippen MR) is 80.7 cm³/mol. The first-order valence-electron chi connectivity index (χ1n) is 6.08. The van der Waals surface area contributed by atoms with E-state index in [2.05, 4.69) is 0 Å². The van der Waals surface area contributed by atoms with Gasteiger partial charge < -0.3 is 5.73 Å². The number of fused-ring (bicyclic) bond motifs is 1. The first kappa shape index (κ1) is 11.9. The quantitative estimate of drug-likeness (QED) is 0.577. The lowest BCUT2D eigenvalue weighted by Gasteiger charge is -2.03. The topological polar surface area (TPSA) is 43.1 Å². The Morgan fingerprint density at radius 3 is 2.63 bits per heavy atom. The molecule has 94 valence electrons. The Kier molecular flexibility index (Phi) is 3.05. The van der Waals surface area contributed by atoms with E-state index in [0.717, 1.165) is 26.9 Å². The molecule has 2 aromatic carbocycles. The molecule has 0 radical (unpaired) electrons. The summed E-state index contributed by atoms with van der Waals surface area (Å²) in [6.07, 6.45) is 0.414. The first-order valence-corrected chi connectivity index (χ1v) is 6.96. The number of benzene rings is 2. The number of hydrogen-bond donors (Lipinski definition) is 1. The van der Waals surface area contributed by atoms with Crippen LogP contribution in [0.1, 0.15) is 15.9 Å². The zero-order valence-corrected chi connectivity index (χ0v) is 11.1. The molecule has 2 N–H and O–H groups in total. The lowest BCUT2D eigenvalue weighted by molar-refractivity contribution is 0.0994. The molecule has 0 aliphatic heterocycles. The van der Waals surface area contributed by atoms with Crippen LogP contribution in [-0.2, 0) is 6.42 Å². The van der Waals surface area contributed by atoms with E-state index in [0.29, 0.717) is 6.42 Å². The van der Waals surface area contributed by atoms with Crippen LogP contribution in [0.4, 0.5) is 5.69 Å². The summed E-state index contributed by atoms with van der Waals surface area (Å²) in [6, 6.07) is 15.4. The molecule has 0 atom stereocenters. The van der Waals surface area contributed by atoms with Gasteiger partial charge in [0.1, 0.15) is 0 Å². The molecule has 0 fully saturated rings. The summed E-state index contributed by atoms with van der Waals surface area (Å²) in [5.41, 5.74) is 8.17. The summed E-state index contributed by atoms with van der Waals surface area (Å²) in [4.78, 5) is 12.4. The number of nitrogens with two attached hydrogens (primary N) is 1. The van der Waals surface area contributed by atoms with Gasteiger partial charge in [-0.15, -0.1) is 11.3 Å². The summed E-state index contributed by atoms with van der Waals surface area (Å²) >= 11 is 1.61. The second kappa shape index (κ2) is 4.86. The van der Waals surface area contributed by atoms with E-state index in [9.17, 15) is 4.79 Å². The number of anilines is 1. The normalized spacial score (nSPS) is 10.7. The van der Waals surface area contributed by atoms with Crippen molar-refractivity contribution < 1.29 is 4.79 Å². The molecule has 0 saturated carbocycles. The van der Waals surface area contributed by atoms with Gasteiger partial charge in [-0.3, -0.25) is 4.79 Å². The van der Waals surface area contributed by atoms with Crippen molar-refractivity contribution in [3.63, 3.8) is 0 Å². The summed E-state index contributed by atoms with van der Waals surface area (Å²) in [5.74, 6) is 0.151. The van der Waals surface area contributed by atoms with Crippen molar-refractivity contribution in [2.24, 2.45) is 0 Å². The van der Waals surface area contributed by atoms with Crippen LogP contribution in [0.15, 0.2) is 53.9 Å². The van der Waals surface area contributed by atoms with Crippen LogP contribution >= 0.6 is 11.3 Å². The second-order valence-electron chi connectivity index (χ2n) is 4.49. The second-order valence-corrected chi connectivity index (χ2v) is 5.40. The molecule has 0 aliphatic rings. The third-order valence-corrected chi connectivity index (χ3v) is 4.09. The number of carbonyl (C=O) groups excluding carboxylic acids is 1. The van der Waals surface area contributed by atoms with Crippen LogP contribution in [0.25, 0.3) is 10.1 Å². The van der Waals surface area contributed by atoms with Gasteiger partial charge in [-0.05, 0) is 40.6 Å². The van der Waals surface area contributed by atoms with Crippen LogP contribution in [0.5, 0.6) is 0 Å². The molecule has 0 bridgehead atoms. The third kappa shape index (κ3) is 2.37. The van der Waals surface area contributed by atoms with Crippen LogP contribution < -0.4 is 5.73 Å². The molecule has 0 amide bonds. The van der Waals surface area contributed by atoms with E-state index in [4.69, 9.17) is 5.73 Å². The number of nitrogen functional groups attached to an aromatic ring is 1. The molecule has 0 unspecified atom stereocenters. The van der Waals surface area contributed by atoms with Gasteiger partial charge in [-0.1, -0.05) is 24.3 Å². The summed E-state index contributed by atoms with van der Waals surface area (Å²) in [7, 11) is 0. The van der Waals surface area contributed by atoms with Crippen molar-refractivity contribution in [2.45, 2.75) is 6.42 Å². The SMILES string of the molecule is Nc1ccc(CC(=O)c2cccc3ccsc23)cc1. The predicted octanol–water partition coefficient (Wildman–Crippen LogP) is 3.91. The molecular weight excluding hydrogens is 254 g/mol. The highest BCUT2D eigenvalue weighted by Crippen LogP contribution is 2.25. The highest BCUT2D eigenvalue weighted by atomic mass is 32.1. The number of rotatable bonds is 3. The number of Topliss-reactive ketones (excluding diaryl/α,β-unsaturated/α-hetero) is 1. The molecule has 3 rings (SSSR count). The Bertz CT molecular complexity index is 728. The van der Waals surface area contributed by atoms with Gasteiger partial charge in [0, 0.05) is 22.4 Å². The van der Waals surface area contributed by atoms with Gasteiger partial charge in [0.15, 0.2) is 5.78 Å². The maximum atomic E-state index is 12.4. The van der Waals surface area contributed by atoms with Crippen molar-refractivity contribution in [1.29, 1.82) is 0 Å². The average Bonchev–Trinajstić information content (AvgIpc) is 2.89. The third-order valence-electron chi connectivity index (χ3n) is 3.12. The molecule has 0 spiro atoms. The molecule has 0 saturated heterocycles. The van der Waals surface area contributed by atoms with E-state index in [1.807, 2.05) is 53.9 Å². The zero-order chi connectivity index (χ0) is 13.2. The van der Waals surface area contributed by atoms with Gasteiger partial charge >= 0.3 is 0 Å².